The van der Waals surface area contributed by atoms with Gasteiger partial charge in [0.1, 0.15) is 5.82 Å². The molecule has 0 bridgehead atoms. The molecular weight excluding hydrogens is 361 g/mol. The molecule has 27 heavy (non-hydrogen) atoms. The van der Waals surface area contributed by atoms with Gasteiger partial charge in [0.2, 0.25) is 0 Å². The molecule has 0 saturated carbocycles. The smallest absolute Gasteiger partial charge is 0.261 e. The van der Waals surface area contributed by atoms with Crippen molar-refractivity contribution in [2.24, 2.45) is 0 Å². The lowest BCUT2D eigenvalue weighted by Gasteiger charge is -2.28. The van der Waals surface area contributed by atoms with Crippen LogP contribution in [0.4, 0.5) is 10.1 Å². The first-order chi connectivity index (χ1) is 12.8. The van der Waals surface area contributed by atoms with Crippen molar-refractivity contribution >= 4 is 15.7 Å². The largest absolute Gasteiger partial charge is 0.264 e. The Kier molecular flexibility index (Phi) is 5.33. The van der Waals surface area contributed by atoms with Gasteiger partial charge in [0.25, 0.3) is 10.0 Å². The molecule has 140 valence electrons. The Morgan fingerprint density at radius 2 is 1.37 bits per heavy atom. The Labute approximate surface area is 160 Å². The van der Waals surface area contributed by atoms with E-state index in [2.05, 4.69) is 0 Å². The van der Waals surface area contributed by atoms with Crippen molar-refractivity contribution in [2.75, 3.05) is 4.31 Å². The van der Waals surface area contributed by atoms with Gasteiger partial charge < -0.3 is 0 Å². The molecule has 0 saturated heterocycles. The zero-order valence-electron chi connectivity index (χ0n) is 15.6. The third kappa shape index (κ3) is 4.03. The number of rotatable bonds is 5. The molecule has 0 aliphatic heterocycles. The fourth-order valence-corrected chi connectivity index (χ4v) is 4.66. The van der Waals surface area contributed by atoms with Crippen molar-refractivity contribution in [3.05, 3.63) is 94.8 Å². The first-order valence-electron chi connectivity index (χ1n) is 8.69. The highest BCUT2D eigenvalue weighted by Crippen LogP contribution is 2.31. The molecule has 3 nitrogen and oxygen atoms in total. The van der Waals surface area contributed by atoms with E-state index in [0.717, 1.165) is 22.3 Å². The Balaban J connectivity index is 2.14. The lowest BCUT2D eigenvalue weighted by molar-refractivity contribution is 0.590. The molecule has 5 heteroatoms. The number of benzene rings is 3. The predicted octanol–water partition coefficient (Wildman–Crippen LogP) is 5.15. The van der Waals surface area contributed by atoms with Crippen molar-refractivity contribution in [2.45, 2.75) is 32.2 Å². The van der Waals surface area contributed by atoms with Crippen LogP contribution in [0.1, 0.15) is 22.3 Å². The fourth-order valence-electron chi connectivity index (χ4n) is 3.08. The maximum atomic E-state index is 13.5. The number of sulfonamides is 1. The van der Waals surface area contributed by atoms with Gasteiger partial charge in [-0.1, -0.05) is 48.0 Å². The Morgan fingerprint density at radius 3 is 1.93 bits per heavy atom. The molecular formula is C22H22FNO2S. The highest BCUT2D eigenvalue weighted by atomic mass is 32.2. The molecule has 3 aromatic rings. The standard InChI is InChI=1S/C22H22FNO2S/c1-16-7-13-21(14-8-16)27(25,26)24(15-19-9-11-20(23)12-10-19)22-17(2)5-4-6-18(22)3/h4-14H,15H2,1-3H3. The topological polar surface area (TPSA) is 37.4 Å². The van der Waals surface area contributed by atoms with Gasteiger partial charge >= 0.3 is 0 Å². The van der Waals surface area contributed by atoms with Crippen LogP contribution in [0.3, 0.4) is 0 Å². The van der Waals surface area contributed by atoms with E-state index in [0.29, 0.717) is 5.69 Å². The van der Waals surface area contributed by atoms with Gasteiger partial charge in [0.15, 0.2) is 0 Å². The van der Waals surface area contributed by atoms with Crippen molar-refractivity contribution in [1.82, 2.24) is 0 Å². The van der Waals surface area contributed by atoms with E-state index in [1.54, 1.807) is 36.4 Å². The normalized spacial score (nSPS) is 11.4. The number of hydrogen-bond acceptors (Lipinski definition) is 2. The summed E-state index contributed by atoms with van der Waals surface area (Å²) in [5.41, 5.74) is 4.10. The van der Waals surface area contributed by atoms with Gasteiger partial charge in [0.05, 0.1) is 17.1 Å². The Morgan fingerprint density at radius 1 is 0.815 bits per heavy atom. The number of nitrogens with zero attached hydrogens (tertiary/aromatic N) is 1. The molecule has 0 radical (unpaired) electrons. The van der Waals surface area contributed by atoms with Crippen molar-refractivity contribution < 1.29 is 12.8 Å². The van der Waals surface area contributed by atoms with Crippen LogP contribution < -0.4 is 4.31 Å². The van der Waals surface area contributed by atoms with E-state index in [1.165, 1.54) is 16.4 Å². The average molecular weight is 383 g/mol. The number of anilines is 1. The minimum absolute atomic E-state index is 0.127. The van der Waals surface area contributed by atoms with Crippen molar-refractivity contribution in [3.63, 3.8) is 0 Å². The van der Waals surface area contributed by atoms with Gasteiger partial charge in [-0.05, 0) is 61.7 Å². The number of para-hydroxylation sites is 1. The predicted molar refractivity (Wildman–Crippen MR) is 107 cm³/mol. The quantitative estimate of drug-likeness (QED) is 0.611. The number of aryl methyl sites for hydroxylation is 3. The number of hydrogen-bond donors (Lipinski definition) is 0. The van der Waals surface area contributed by atoms with Gasteiger partial charge in [-0.3, -0.25) is 4.31 Å². The maximum absolute atomic E-state index is 13.5. The van der Waals surface area contributed by atoms with Crippen LogP contribution in [0.15, 0.2) is 71.6 Å². The summed E-state index contributed by atoms with van der Waals surface area (Å²) in [4.78, 5) is 0.234. The molecule has 0 aliphatic carbocycles. The molecule has 0 atom stereocenters. The highest BCUT2D eigenvalue weighted by Gasteiger charge is 2.27. The van der Waals surface area contributed by atoms with Gasteiger partial charge in [-0.2, -0.15) is 0 Å². The summed E-state index contributed by atoms with van der Waals surface area (Å²) in [6, 6.07) is 18.4. The van der Waals surface area contributed by atoms with E-state index in [4.69, 9.17) is 0 Å². The molecule has 0 spiro atoms. The molecule has 0 amide bonds. The second kappa shape index (κ2) is 7.53. The molecule has 3 aromatic carbocycles. The van der Waals surface area contributed by atoms with Crippen molar-refractivity contribution in [3.8, 4) is 0 Å². The second-order valence-corrected chi connectivity index (χ2v) is 8.55. The molecule has 0 unspecified atom stereocenters. The molecule has 0 N–H and O–H groups in total. The second-order valence-electron chi connectivity index (χ2n) is 6.69. The summed E-state index contributed by atoms with van der Waals surface area (Å²) >= 11 is 0. The first kappa shape index (κ1) is 19.1. The minimum Gasteiger partial charge on any atom is -0.261 e. The summed E-state index contributed by atoms with van der Waals surface area (Å²) in [6.45, 7) is 5.83. The molecule has 0 aliphatic rings. The minimum atomic E-state index is -3.78. The Bertz CT molecular complexity index is 1020. The first-order valence-corrected chi connectivity index (χ1v) is 10.1. The SMILES string of the molecule is Cc1ccc(S(=O)(=O)N(Cc2ccc(F)cc2)c2c(C)cccc2C)cc1. The third-order valence-electron chi connectivity index (χ3n) is 4.54. The van der Waals surface area contributed by atoms with Crippen molar-refractivity contribution in [1.29, 1.82) is 0 Å². The van der Waals surface area contributed by atoms with Crippen LogP contribution >= 0.6 is 0 Å². The summed E-state index contributed by atoms with van der Waals surface area (Å²) < 4.78 is 41.6. The van der Waals surface area contributed by atoms with Gasteiger partial charge in [-0.15, -0.1) is 0 Å². The van der Waals surface area contributed by atoms with E-state index in [9.17, 15) is 12.8 Å². The van der Waals surface area contributed by atoms with E-state index < -0.39 is 10.0 Å². The van der Waals surface area contributed by atoms with Gasteiger partial charge in [0, 0.05) is 0 Å². The van der Waals surface area contributed by atoms with Crippen LogP contribution in [0.25, 0.3) is 0 Å². The monoisotopic (exact) mass is 383 g/mol. The summed E-state index contributed by atoms with van der Waals surface area (Å²) in [6.07, 6.45) is 0. The summed E-state index contributed by atoms with van der Waals surface area (Å²) in [7, 11) is -3.78. The molecule has 0 heterocycles. The molecule has 3 rings (SSSR count). The Hall–Kier alpha value is -2.66. The average Bonchev–Trinajstić information content (AvgIpc) is 2.62. The van der Waals surface area contributed by atoms with E-state index in [1.807, 2.05) is 39.0 Å². The van der Waals surface area contributed by atoms with Crippen LogP contribution in [0, 0.1) is 26.6 Å². The van der Waals surface area contributed by atoms with Crippen LogP contribution in [-0.4, -0.2) is 8.42 Å². The lowest BCUT2D eigenvalue weighted by atomic mass is 10.1. The van der Waals surface area contributed by atoms with Gasteiger partial charge in [-0.25, -0.2) is 12.8 Å². The number of halogens is 1. The lowest BCUT2D eigenvalue weighted by Crippen LogP contribution is -2.31. The van der Waals surface area contributed by atoms with Crippen LogP contribution in [0.2, 0.25) is 0 Å². The van der Waals surface area contributed by atoms with E-state index in [-0.39, 0.29) is 17.3 Å². The zero-order chi connectivity index (χ0) is 19.6. The summed E-state index contributed by atoms with van der Waals surface area (Å²) in [5.74, 6) is -0.348. The maximum Gasteiger partial charge on any atom is 0.264 e. The zero-order valence-corrected chi connectivity index (χ0v) is 16.4. The molecule has 0 fully saturated rings. The molecule has 0 aromatic heterocycles. The third-order valence-corrected chi connectivity index (χ3v) is 6.30. The van der Waals surface area contributed by atoms with Crippen LogP contribution in [-0.2, 0) is 16.6 Å². The fraction of sp³-hybridized carbons (Fsp3) is 0.182. The van der Waals surface area contributed by atoms with E-state index >= 15 is 0 Å². The highest BCUT2D eigenvalue weighted by molar-refractivity contribution is 7.92. The summed E-state index contributed by atoms with van der Waals surface area (Å²) in [5, 5.41) is 0. The van der Waals surface area contributed by atoms with Crippen LogP contribution in [0.5, 0.6) is 0 Å².